The second-order valence-corrected chi connectivity index (χ2v) is 3.90. The minimum Gasteiger partial charge on any atom is -0.324 e. The molecule has 0 aliphatic carbocycles. The van der Waals surface area contributed by atoms with Gasteiger partial charge in [0, 0.05) is 0 Å². The van der Waals surface area contributed by atoms with Gasteiger partial charge >= 0.3 is 0 Å². The molecule has 0 saturated carbocycles. The molecule has 1 rings (SSSR count). The highest BCUT2D eigenvalue weighted by atomic mass is 16.7. The van der Waals surface area contributed by atoms with E-state index in [4.69, 9.17) is 0 Å². The number of benzene rings is 1. The van der Waals surface area contributed by atoms with Gasteiger partial charge in [0.05, 0.1) is 0 Å². The summed E-state index contributed by atoms with van der Waals surface area (Å²) in [6, 6.07) is 7.29. The predicted octanol–water partition coefficient (Wildman–Crippen LogP) is 3.97. The summed E-state index contributed by atoms with van der Waals surface area (Å²) in [5.41, 5.74) is 1.13. The Morgan fingerprint density at radius 2 is 1.93 bits per heavy atom. The zero-order valence-electron chi connectivity index (χ0n) is 9.86. The van der Waals surface area contributed by atoms with Crippen molar-refractivity contribution in [2.45, 2.75) is 34.1 Å². The quantitative estimate of drug-likeness (QED) is 0.558. The summed E-state index contributed by atoms with van der Waals surface area (Å²) in [6.07, 6.45) is 0.927. The Balaban J connectivity index is 0.000000423. The van der Waals surface area contributed by atoms with Gasteiger partial charge in [0.15, 0.2) is 11.1 Å². The summed E-state index contributed by atoms with van der Waals surface area (Å²) < 4.78 is 0. The first-order valence-corrected chi connectivity index (χ1v) is 5.18. The molecule has 0 fully saturated rings. The molecule has 0 atom stereocenters. The van der Waals surface area contributed by atoms with Crippen LogP contribution in [0.3, 0.4) is 0 Å². The van der Waals surface area contributed by atoms with Crippen LogP contribution in [0.4, 0.5) is 0 Å². The molecule has 0 unspecified atom stereocenters. The van der Waals surface area contributed by atoms with Crippen molar-refractivity contribution in [2.75, 3.05) is 0 Å². The molecule has 0 heterocycles. The van der Waals surface area contributed by atoms with Gasteiger partial charge in [-0.15, -0.1) is 4.91 Å². The summed E-state index contributed by atoms with van der Waals surface area (Å²) in [4.78, 5) is 14.1. The third kappa shape index (κ3) is 7.67. The average Bonchev–Trinajstić information content (AvgIpc) is 2.18. The molecule has 1 aromatic carbocycles. The summed E-state index contributed by atoms with van der Waals surface area (Å²) in [5, 5.41) is 2.33. The van der Waals surface area contributed by atoms with E-state index in [1.807, 2.05) is 19.1 Å². The van der Waals surface area contributed by atoms with Crippen LogP contribution in [0.5, 0.6) is 5.75 Å². The molecule has 0 bridgehead atoms. The first kappa shape index (κ1) is 13.6. The second-order valence-electron chi connectivity index (χ2n) is 3.90. The Hall–Kier alpha value is -1.38. The molecule has 3 heteroatoms. The Labute approximate surface area is 91.4 Å². The van der Waals surface area contributed by atoms with Gasteiger partial charge < -0.3 is 4.84 Å². The lowest BCUT2D eigenvalue weighted by Crippen LogP contribution is -1.83. The number of hydrogen-bond acceptors (Lipinski definition) is 3. The van der Waals surface area contributed by atoms with Crippen molar-refractivity contribution < 1.29 is 4.84 Å². The van der Waals surface area contributed by atoms with Crippen LogP contribution in [-0.2, 0) is 6.42 Å². The van der Waals surface area contributed by atoms with E-state index >= 15 is 0 Å². The number of nitrogens with zero attached hydrogens (tertiary/aromatic N) is 1. The SMILES string of the molecule is CC(C)C.CCc1cccc(ON=O)c1. The molecule has 0 aliphatic rings. The van der Waals surface area contributed by atoms with Gasteiger partial charge in [0.1, 0.15) is 0 Å². The molecule has 0 spiro atoms. The monoisotopic (exact) mass is 209 g/mol. The van der Waals surface area contributed by atoms with Crippen molar-refractivity contribution in [1.82, 2.24) is 0 Å². The smallest absolute Gasteiger partial charge is 0.161 e. The summed E-state index contributed by atoms with van der Waals surface area (Å²) in [7, 11) is 0. The lowest BCUT2D eigenvalue weighted by atomic mass is 10.2. The Kier molecular flexibility index (Phi) is 7.24. The van der Waals surface area contributed by atoms with Crippen molar-refractivity contribution in [2.24, 2.45) is 11.3 Å². The van der Waals surface area contributed by atoms with Gasteiger partial charge in [-0.25, -0.2) is 0 Å². The predicted molar refractivity (Wildman–Crippen MR) is 62.8 cm³/mol. The van der Waals surface area contributed by atoms with E-state index in [0.29, 0.717) is 5.75 Å². The normalized spacial score (nSPS) is 9.13. The molecule has 0 N–H and O–H groups in total. The minimum absolute atomic E-state index is 0.499. The average molecular weight is 209 g/mol. The molecule has 1 aromatic rings. The first-order valence-electron chi connectivity index (χ1n) is 5.18. The van der Waals surface area contributed by atoms with E-state index in [0.717, 1.165) is 17.9 Å². The van der Waals surface area contributed by atoms with Crippen LogP contribution in [0.2, 0.25) is 0 Å². The topological polar surface area (TPSA) is 38.7 Å². The van der Waals surface area contributed by atoms with E-state index in [1.54, 1.807) is 12.1 Å². The Bertz CT molecular complexity index is 282. The van der Waals surface area contributed by atoms with E-state index in [9.17, 15) is 4.91 Å². The maximum atomic E-state index is 9.70. The molecule has 84 valence electrons. The molecule has 0 saturated heterocycles. The number of rotatable bonds is 3. The van der Waals surface area contributed by atoms with Crippen molar-refractivity contribution in [1.29, 1.82) is 0 Å². The second kappa shape index (κ2) is 7.97. The minimum atomic E-state index is 0.499. The largest absolute Gasteiger partial charge is 0.324 e. The van der Waals surface area contributed by atoms with Crippen LogP contribution in [0.15, 0.2) is 29.6 Å². The molecule has 3 nitrogen and oxygen atoms in total. The van der Waals surface area contributed by atoms with Crippen LogP contribution in [-0.4, -0.2) is 0 Å². The third-order valence-corrected chi connectivity index (χ3v) is 1.45. The summed E-state index contributed by atoms with van der Waals surface area (Å²) in [5.74, 6) is 1.33. The Morgan fingerprint density at radius 1 is 1.33 bits per heavy atom. The standard InChI is InChI=1S/C8H9NO2.C4H10/c1-2-7-4-3-5-8(6-7)11-9-10;1-4(2)3/h3-6H,2H2,1H3;4H,1-3H3. The van der Waals surface area contributed by atoms with Gasteiger partial charge in [0.2, 0.25) is 0 Å². The van der Waals surface area contributed by atoms with Crippen LogP contribution >= 0.6 is 0 Å². The van der Waals surface area contributed by atoms with E-state index in [1.165, 1.54) is 0 Å². The van der Waals surface area contributed by atoms with Gasteiger partial charge in [-0.1, -0.05) is 39.8 Å². The van der Waals surface area contributed by atoms with Crippen molar-refractivity contribution >= 4 is 0 Å². The van der Waals surface area contributed by atoms with Crippen molar-refractivity contribution in [3.05, 3.63) is 34.7 Å². The zero-order chi connectivity index (χ0) is 11.7. The molecule has 0 aromatic heterocycles. The highest BCUT2D eigenvalue weighted by molar-refractivity contribution is 5.28. The fourth-order valence-electron chi connectivity index (χ4n) is 0.865. The van der Waals surface area contributed by atoms with E-state index in [2.05, 4.69) is 30.9 Å². The third-order valence-electron chi connectivity index (χ3n) is 1.45. The van der Waals surface area contributed by atoms with Gasteiger partial charge in [0.25, 0.3) is 0 Å². The number of hydrogen-bond donors (Lipinski definition) is 0. The molecular weight excluding hydrogens is 190 g/mol. The van der Waals surface area contributed by atoms with Crippen LogP contribution in [0.25, 0.3) is 0 Å². The molecule has 15 heavy (non-hydrogen) atoms. The van der Waals surface area contributed by atoms with Crippen molar-refractivity contribution in [3.63, 3.8) is 0 Å². The fraction of sp³-hybridized carbons (Fsp3) is 0.500. The first-order chi connectivity index (χ1) is 7.10. The summed E-state index contributed by atoms with van der Waals surface area (Å²) >= 11 is 0. The van der Waals surface area contributed by atoms with Crippen molar-refractivity contribution in [3.8, 4) is 5.75 Å². The van der Waals surface area contributed by atoms with Gasteiger partial charge in [-0.2, -0.15) is 0 Å². The molecule has 0 radical (unpaired) electrons. The highest BCUT2D eigenvalue weighted by Crippen LogP contribution is 2.13. The van der Waals surface area contributed by atoms with Crippen LogP contribution < -0.4 is 4.84 Å². The van der Waals surface area contributed by atoms with Gasteiger partial charge in [-0.05, 0) is 30.0 Å². The van der Waals surface area contributed by atoms with E-state index < -0.39 is 0 Å². The zero-order valence-corrected chi connectivity index (χ0v) is 9.86. The maximum absolute atomic E-state index is 9.70. The van der Waals surface area contributed by atoms with Crippen LogP contribution in [0, 0.1) is 10.8 Å². The fourth-order valence-corrected chi connectivity index (χ4v) is 0.865. The number of aryl methyl sites for hydroxylation is 1. The van der Waals surface area contributed by atoms with Crippen LogP contribution in [0.1, 0.15) is 33.3 Å². The van der Waals surface area contributed by atoms with Gasteiger partial charge in [-0.3, -0.25) is 0 Å². The van der Waals surface area contributed by atoms with E-state index in [-0.39, 0.29) is 0 Å². The molecule has 0 amide bonds. The Morgan fingerprint density at radius 3 is 2.40 bits per heavy atom. The molecular formula is C12H19NO2. The highest BCUT2D eigenvalue weighted by Gasteiger charge is 1.93. The lowest BCUT2D eigenvalue weighted by Gasteiger charge is -1.97. The molecule has 0 aliphatic heterocycles. The maximum Gasteiger partial charge on any atom is 0.161 e. The lowest BCUT2D eigenvalue weighted by molar-refractivity contribution is 0.334. The summed E-state index contributed by atoms with van der Waals surface area (Å²) in [6.45, 7) is 8.54.